The van der Waals surface area contributed by atoms with Crippen LogP contribution in [-0.2, 0) is 4.84 Å². The number of nitrogens with one attached hydrogen (secondary N) is 1. The van der Waals surface area contributed by atoms with Crippen LogP contribution in [0.5, 0.6) is 0 Å². The second kappa shape index (κ2) is 3.84. The van der Waals surface area contributed by atoms with Crippen LogP contribution in [0.3, 0.4) is 0 Å². The van der Waals surface area contributed by atoms with Gasteiger partial charge in [-0.15, -0.1) is 0 Å². The monoisotopic (exact) mass is 192 g/mol. The fraction of sp³-hybridized carbons (Fsp3) is 1.00. The van der Waals surface area contributed by atoms with E-state index in [1.54, 1.807) is 14.1 Å². The molecule has 0 aromatic carbocycles. The van der Waals surface area contributed by atoms with E-state index in [0.717, 1.165) is 5.06 Å². The molecule has 0 bridgehead atoms. The molecule has 0 atom stereocenters. The van der Waals surface area contributed by atoms with Gasteiger partial charge < -0.3 is 0 Å². The smallest absolute Gasteiger partial charge is 0.201 e. The Hall–Kier alpha value is 0.790. The Morgan fingerprint density at radius 1 is 1.33 bits per heavy atom. The van der Waals surface area contributed by atoms with Crippen molar-refractivity contribution in [3.8, 4) is 0 Å². The highest BCUT2D eigenvalue weighted by atomic mass is 35.6. The number of halogens is 3. The molecule has 5 heteroatoms. The quantitative estimate of drug-likeness (QED) is 0.496. The van der Waals surface area contributed by atoms with Crippen LogP contribution in [0.15, 0.2) is 0 Å². The lowest BCUT2D eigenvalue weighted by molar-refractivity contribution is -1.06. The van der Waals surface area contributed by atoms with Crippen molar-refractivity contribution < 1.29 is 9.90 Å². The Labute approximate surface area is 69.6 Å². The van der Waals surface area contributed by atoms with Crippen LogP contribution in [0.2, 0.25) is 0 Å². The molecule has 1 N–H and O–H groups in total. The van der Waals surface area contributed by atoms with E-state index in [9.17, 15) is 0 Å². The van der Waals surface area contributed by atoms with Crippen LogP contribution < -0.4 is 5.06 Å². The lowest BCUT2D eigenvalue weighted by Crippen LogP contribution is -3.04. The van der Waals surface area contributed by atoms with Gasteiger partial charge in [0.1, 0.15) is 0 Å². The maximum absolute atomic E-state index is 5.37. The molecule has 0 unspecified atom stereocenters. The minimum absolute atomic E-state index is 0.111. The normalized spacial score (nSPS) is 12.7. The summed E-state index contributed by atoms with van der Waals surface area (Å²) in [6.07, 6.45) is 0. The van der Waals surface area contributed by atoms with E-state index in [1.807, 2.05) is 0 Å². The molecular formula is C4H9Cl3NO+. The number of alkyl halides is 3. The molecule has 0 saturated carbocycles. The van der Waals surface area contributed by atoms with Crippen molar-refractivity contribution in [1.29, 1.82) is 0 Å². The number of hydrogen-bond donors (Lipinski definition) is 1. The Balaban J connectivity index is 3.28. The molecule has 0 aliphatic rings. The predicted molar refractivity (Wildman–Crippen MR) is 39.1 cm³/mol. The third-order valence-electron chi connectivity index (χ3n) is 0.525. The SMILES string of the molecule is C[NH+](C)OCC(Cl)(Cl)Cl. The first-order valence-corrected chi connectivity index (χ1v) is 3.55. The lowest BCUT2D eigenvalue weighted by atomic mass is 10.8. The first-order valence-electron chi connectivity index (χ1n) is 2.41. The first kappa shape index (κ1) is 9.79. The average molecular weight is 193 g/mol. The largest absolute Gasteiger partial charge is 0.219 e. The maximum Gasteiger partial charge on any atom is 0.219 e. The highest BCUT2D eigenvalue weighted by Crippen LogP contribution is 2.24. The lowest BCUT2D eigenvalue weighted by Gasteiger charge is -2.11. The molecule has 0 aliphatic heterocycles. The minimum atomic E-state index is -1.29. The molecule has 56 valence electrons. The Morgan fingerprint density at radius 2 is 1.78 bits per heavy atom. The molecule has 0 aliphatic carbocycles. The minimum Gasteiger partial charge on any atom is -0.201 e. The van der Waals surface area contributed by atoms with Gasteiger partial charge >= 0.3 is 0 Å². The van der Waals surface area contributed by atoms with Crippen LogP contribution in [0.25, 0.3) is 0 Å². The first-order chi connectivity index (χ1) is 3.92. The van der Waals surface area contributed by atoms with E-state index >= 15 is 0 Å². The second-order valence-electron chi connectivity index (χ2n) is 1.81. The Morgan fingerprint density at radius 3 is 1.89 bits per heavy atom. The molecule has 0 heterocycles. The predicted octanol–water partition coefficient (Wildman–Crippen LogP) is 0.433. The summed E-state index contributed by atoms with van der Waals surface area (Å²) in [6, 6.07) is 0. The zero-order valence-corrected chi connectivity index (χ0v) is 7.52. The Kier molecular flexibility index (Phi) is 4.17. The topological polar surface area (TPSA) is 13.7 Å². The molecule has 0 aromatic rings. The summed E-state index contributed by atoms with van der Waals surface area (Å²) in [6.45, 7) is 0.111. The fourth-order valence-electron chi connectivity index (χ4n) is 0.226. The summed E-state index contributed by atoms with van der Waals surface area (Å²) in [5, 5.41) is 0.793. The maximum atomic E-state index is 5.37. The van der Waals surface area contributed by atoms with Crippen molar-refractivity contribution in [3.05, 3.63) is 0 Å². The fourth-order valence-corrected chi connectivity index (χ4v) is 0.390. The van der Waals surface area contributed by atoms with E-state index < -0.39 is 3.79 Å². The Bertz CT molecular complexity index is 80.4. The molecule has 0 fully saturated rings. The van der Waals surface area contributed by atoms with Gasteiger partial charge in [-0.25, -0.2) is 4.84 Å². The molecule has 9 heavy (non-hydrogen) atoms. The summed E-state index contributed by atoms with van der Waals surface area (Å²) < 4.78 is -1.29. The van der Waals surface area contributed by atoms with Gasteiger partial charge in [-0.3, -0.25) is 0 Å². The summed E-state index contributed by atoms with van der Waals surface area (Å²) in [5.41, 5.74) is 0. The van der Waals surface area contributed by atoms with Gasteiger partial charge in [0.2, 0.25) is 3.79 Å². The van der Waals surface area contributed by atoms with Crippen molar-refractivity contribution >= 4 is 34.8 Å². The van der Waals surface area contributed by atoms with Gasteiger partial charge in [0, 0.05) is 0 Å². The standard InChI is InChI=1S/C4H8Cl3NO/c1-8(2)9-3-4(5,6)7/h3H2,1-2H3/p+1. The number of rotatable bonds is 2. The van der Waals surface area contributed by atoms with Gasteiger partial charge in [0.25, 0.3) is 0 Å². The number of hydrogen-bond acceptors (Lipinski definition) is 1. The van der Waals surface area contributed by atoms with Crippen LogP contribution in [0.1, 0.15) is 0 Å². The highest BCUT2D eigenvalue weighted by molar-refractivity contribution is 6.67. The molecular weight excluding hydrogens is 184 g/mol. The summed E-state index contributed by atoms with van der Waals surface area (Å²) >= 11 is 16.1. The second-order valence-corrected chi connectivity index (χ2v) is 4.33. The van der Waals surface area contributed by atoms with Gasteiger partial charge in [-0.05, 0) is 0 Å². The van der Waals surface area contributed by atoms with Crippen LogP contribution >= 0.6 is 34.8 Å². The zero-order valence-electron chi connectivity index (χ0n) is 5.25. The van der Waals surface area contributed by atoms with Gasteiger partial charge in [-0.2, -0.15) is 5.06 Å². The third kappa shape index (κ3) is 8.79. The number of quaternary nitrogens is 1. The van der Waals surface area contributed by atoms with Crippen molar-refractivity contribution in [3.63, 3.8) is 0 Å². The molecule has 0 radical (unpaired) electrons. The van der Waals surface area contributed by atoms with Gasteiger partial charge in [0.05, 0.1) is 14.1 Å². The molecule has 0 aromatic heterocycles. The summed E-state index contributed by atoms with van der Waals surface area (Å²) in [7, 11) is 3.60. The zero-order chi connectivity index (χ0) is 7.49. The molecule has 0 saturated heterocycles. The molecule has 0 rings (SSSR count). The van der Waals surface area contributed by atoms with Crippen LogP contribution in [0.4, 0.5) is 0 Å². The average Bonchev–Trinajstić information content (AvgIpc) is 1.59. The summed E-state index contributed by atoms with van der Waals surface area (Å²) in [5.74, 6) is 0. The van der Waals surface area contributed by atoms with E-state index in [2.05, 4.69) is 0 Å². The van der Waals surface area contributed by atoms with E-state index in [4.69, 9.17) is 39.6 Å². The summed E-state index contributed by atoms with van der Waals surface area (Å²) in [4.78, 5) is 4.93. The van der Waals surface area contributed by atoms with Crippen LogP contribution in [0, 0.1) is 0 Å². The van der Waals surface area contributed by atoms with Crippen molar-refractivity contribution in [2.24, 2.45) is 0 Å². The third-order valence-corrected chi connectivity index (χ3v) is 0.852. The van der Waals surface area contributed by atoms with E-state index in [1.165, 1.54) is 0 Å². The van der Waals surface area contributed by atoms with Crippen molar-refractivity contribution in [1.82, 2.24) is 0 Å². The van der Waals surface area contributed by atoms with Crippen molar-refractivity contribution in [2.75, 3.05) is 20.7 Å². The van der Waals surface area contributed by atoms with Gasteiger partial charge in [-0.1, -0.05) is 34.8 Å². The molecule has 0 amide bonds. The van der Waals surface area contributed by atoms with E-state index in [0.29, 0.717) is 0 Å². The van der Waals surface area contributed by atoms with Crippen molar-refractivity contribution in [2.45, 2.75) is 3.79 Å². The molecule has 2 nitrogen and oxygen atoms in total. The number of hydroxylamine groups is 2. The highest BCUT2D eigenvalue weighted by Gasteiger charge is 2.21. The van der Waals surface area contributed by atoms with Crippen LogP contribution in [-0.4, -0.2) is 24.5 Å². The van der Waals surface area contributed by atoms with E-state index in [-0.39, 0.29) is 6.61 Å². The van der Waals surface area contributed by atoms with Gasteiger partial charge in [0.15, 0.2) is 6.61 Å². The molecule has 0 spiro atoms.